The van der Waals surface area contributed by atoms with Crippen molar-refractivity contribution in [3.8, 4) is 0 Å². The first kappa shape index (κ1) is 12.8. The van der Waals surface area contributed by atoms with Gasteiger partial charge in [0, 0.05) is 31.1 Å². The highest BCUT2D eigenvalue weighted by Gasteiger charge is 2.10. The van der Waals surface area contributed by atoms with Gasteiger partial charge in [0.05, 0.1) is 11.8 Å². The van der Waals surface area contributed by atoms with Crippen molar-refractivity contribution < 1.29 is 5.11 Å². The summed E-state index contributed by atoms with van der Waals surface area (Å²) in [6.07, 6.45) is 3.61. The molecule has 18 heavy (non-hydrogen) atoms. The largest absolute Gasteiger partial charge is 0.393 e. The molecule has 2 aromatic heterocycles. The van der Waals surface area contributed by atoms with Crippen LogP contribution in [-0.2, 0) is 19.9 Å². The maximum atomic E-state index is 10.0. The van der Waals surface area contributed by atoms with Crippen LogP contribution in [-0.4, -0.2) is 26.0 Å². The van der Waals surface area contributed by atoms with Gasteiger partial charge in [-0.05, 0) is 38.0 Å². The Bertz CT molecular complexity index is 493. The third-order valence-electron chi connectivity index (χ3n) is 3.00. The Morgan fingerprint density at radius 2 is 2.22 bits per heavy atom. The molecule has 0 amide bonds. The molecule has 1 N–H and O–H groups in total. The minimum atomic E-state index is -0.346. The van der Waals surface area contributed by atoms with Gasteiger partial charge in [0.2, 0.25) is 0 Å². The van der Waals surface area contributed by atoms with Gasteiger partial charge in [0.15, 0.2) is 0 Å². The zero-order chi connectivity index (χ0) is 13.0. The van der Waals surface area contributed by atoms with Crippen molar-refractivity contribution in [2.24, 2.45) is 7.05 Å². The molecule has 0 aliphatic heterocycles. The fourth-order valence-corrected chi connectivity index (χ4v) is 2.06. The molecular formula is C14H19N3O. The van der Waals surface area contributed by atoms with Crippen LogP contribution in [0.4, 0.5) is 0 Å². The second-order valence-corrected chi connectivity index (χ2v) is 4.62. The van der Waals surface area contributed by atoms with Gasteiger partial charge in [0.1, 0.15) is 0 Å². The van der Waals surface area contributed by atoms with E-state index in [9.17, 15) is 5.11 Å². The Kier molecular flexibility index (Phi) is 4.10. The van der Waals surface area contributed by atoms with E-state index >= 15 is 0 Å². The number of aromatic nitrogens is 3. The van der Waals surface area contributed by atoms with Crippen LogP contribution < -0.4 is 0 Å². The average molecular weight is 245 g/mol. The quantitative estimate of drug-likeness (QED) is 0.871. The summed E-state index contributed by atoms with van der Waals surface area (Å²) in [4.78, 5) is 4.25. The highest BCUT2D eigenvalue weighted by Crippen LogP contribution is 2.09. The summed E-state index contributed by atoms with van der Waals surface area (Å²) in [6, 6.07) is 7.88. The zero-order valence-electron chi connectivity index (χ0n) is 10.9. The Morgan fingerprint density at radius 1 is 1.39 bits per heavy atom. The molecule has 0 fully saturated rings. The number of pyridine rings is 1. The normalized spacial score (nSPS) is 12.6. The third-order valence-corrected chi connectivity index (χ3v) is 3.00. The van der Waals surface area contributed by atoms with E-state index in [1.165, 1.54) is 0 Å². The van der Waals surface area contributed by atoms with Crippen molar-refractivity contribution in [3.05, 3.63) is 47.5 Å². The number of rotatable bonds is 5. The molecular weight excluding hydrogens is 226 g/mol. The Hall–Kier alpha value is -1.68. The van der Waals surface area contributed by atoms with Gasteiger partial charge in [-0.2, -0.15) is 5.10 Å². The van der Waals surface area contributed by atoms with Crippen LogP contribution in [0.3, 0.4) is 0 Å². The first-order valence-electron chi connectivity index (χ1n) is 6.22. The van der Waals surface area contributed by atoms with Crippen LogP contribution in [0.15, 0.2) is 30.5 Å². The lowest BCUT2D eigenvalue weighted by molar-refractivity contribution is 0.162. The number of aliphatic hydroxyl groups excluding tert-OH is 1. The standard InChI is InChI=1S/C14H19N3O/c1-11-9-13(17(2)16-11)10-14(18)7-6-12-5-3-4-8-15-12/h3-5,8-9,14,18H,6-7,10H2,1-2H3. The first-order valence-corrected chi connectivity index (χ1v) is 6.22. The topological polar surface area (TPSA) is 50.9 Å². The molecule has 0 aliphatic carbocycles. The van der Waals surface area contributed by atoms with Gasteiger partial charge in [-0.15, -0.1) is 0 Å². The smallest absolute Gasteiger partial charge is 0.0599 e. The van der Waals surface area contributed by atoms with Gasteiger partial charge < -0.3 is 5.11 Å². The summed E-state index contributed by atoms with van der Waals surface area (Å²) in [5, 5.41) is 14.3. The fourth-order valence-electron chi connectivity index (χ4n) is 2.06. The molecule has 0 aliphatic rings. The number of hydrogen-bond donors (Lipinski definition) is 1. The summed E-state index contributed by atoms with van der Waals surface area (Å²) in [6.45, 7) is 1.96. The Balaban J connectivity index is 1.86. The lowest BCUT2D eigenvalue weighted by Crippen LogP contribution is -2.14. The molecule has 2 heterocycles. The fraction of sp³-hybridized carbons (Fsp3) is 0.429. The van der Waals surface area contributed by atoms with E-state index in [0.29, 0.717) is 6.42 Å². The number of nitrogens with zero attached hydrogens (tertiary/aromatic N) is 3. The summed E-state index contributed by atoms with van der Waals surface area (Å²) in [5.41, 5.74) is 3.09. The van der Waals surface area contributed by atoms with E-state index in [1.54, 1.807) is 6.20 Å². The van der Waals surface area contributed by atoms with Gasteiger partial charge >= 0.3 is 0 Å². The van der Waals surface area contributed by atoms with E-state index in [2.05, 4.69) is 10.1 Å². The second kappa shape index (κ2) is 5.78. The zero-order valence-corrected chi connectivity index (χ0v) is 10.9. The molecule has 4 heteroatoms. The molecule has 96 valence electrons. The molecule has 1 unspecified atom stereocenters. The predicted octanol–water partition coefficient (Wildman–Crippen LogP) is 1.66. The van der Waals surface area contributed by atoms with Crippen molar-refractivity contribution >= 4 is 0 Å². The van der Waals surface area contributed by atoms with Crippen LogP contribution in [0.1, 0.15) is 23.5 Å². The molecule has 0 radical (unpaired) electrons. The summed E-state index contributed by atoms with van der Waals surface area (Å²) < 4.78 is 1.83. The van der Waals surface area contributed by atoms with E-state index in [-0.39, 0.29) is 6.10 Å². The van der Waals surface area contributed by atoms with Crippen LogP contribution in [0.5, 0.6) is 0 Å². The van der Waals surface area contributed by atoms with Crippen molar-refractivity contribution in [2.75, 3.05) is 0 Å². The Morgan fingerprint density at radius 3 is 2.83 bits per heavy atom. The summed E-state index contributed by atoms with van der Waals surface area (Å²) >= 11 is 0. The molecule has 2 rings (SSSR count). The lowest BCUT2D eigenvalue weighted by Gasteiger charge is -2.10. The van der Waals surface area contributed by atoms with Crippen molar-refractivity contribution in [2.45, 2.75) is 32.3 Å². The molecule has 0 saturated heterocycles. The first-order chi connectivity index (χ1) is 8.65. The lowest BCUT2D eigenvalue weighted by atomic mass is 10.1. The second-order valence-electron chi connectivity index (χ2n) is 4.62. The van der Waals surface area contributed by atoms with Crippen LogP contribution in [0.2, 0.25) is 0 Å². The van der Waals surface area contributed by atoms with Crippen LogP contribution >= 0.6 is 0 Å². The van der Waals surface area contributed by atoms with E-state index in [1.807, 2.05) is 42.9 Å². The summed E-state index contributed by atoms with van der Waals surface area (Å²) in [7, 11) is 1.91. The van der Waals surface area contributed by atoms with Gasteiger partial charge in [-0.1, -0.05) is 6.07 Å². The average Bonchev–Trinajstić information content (AvgIpc) is 2.67. The molecule has 0 spiro atoms. The van der Waals surface area contributed by atoms with Crippen molar-refractivity contribution in [3.63, 3.8) is 0 Å². The third kappa shape index (κ3) is 3.40. The van der Waals surface area contributed by atoms with Crippen LogP contribution in [0, 0.1) is 6.92 Å². The molecule has 1 atom stereocenters. The number of aryl methyl sites for hydroxylation is 3. The maximum absolute atomic E-state index is 10.0. The van der Waals surface area contributed by atoms with Gasteiger partial charge in [-0.25, -0.2) is 0 Å². The molecule has 0 saturated carbocycles. The maximum Gasteiger partial charge on any atom is 0.0599 e. The summed E-state index contributed by atoms with van der Waals surface area (Å²) in [5.74, 6) is 0. The van der Waals surface area contributed by atoms with E-state index in [4.69, 9.17) is 0 Å². The van der Waals surface area contributed by atoms with E-state index in [0.717, 1.165) is 29.9 Å². The Labute approximate surface area is 107 Å². The number of hydrogen-bond acceptors (Lipinski definition) is 3. The van der Waals surface area contributed by atoms with Crippen molar-refractivity contribution in [1.29, 1.82) is 0 Å². The minimum Gasteiger partial charge on any atom is -0.393 e. The highest BCUT2D eigenvalue weighted by atomic mass is 16.3. The predicted molar refractivity (Wildman–Crippen MR) is 70.2 cm³/mol. The molecule has 4 nitrogen and oxygen atoms in total. The SMILES string of the molecule is Cc1cc(CC(O)CCc2ccccn2)n(C)n1. The highest BCUT2D eigenvalue weighted by molar-refractivity contribution is 5.10. The minimum absolute atomic E-state index is 0.346. The number of aliphatic hydroxyl groups is 1. The monoisotopic (exact) mass is 245 g/mol. The van der Waals surface area contributed by atoms with Crippen molar-refractivity contribution in [1.82, 2.24) is 14.8 Å². The van der Waals surface area contributed by atoms with Gasteiger partial charge in [-0.3, -0.25) is 9.67 Å². The van der Waals surface area contributed by atoms with Crippen LogP contribution in [0.25, 0.3) is 0 Å². The molecule has 0 bridgehead atoms. The molecule has 0 aromatic carbocycles. The van der Waals surface area contributed by atoms with E-state index < -0.39 is 0 Å². The van der Waals surface area contributed by atoms with Gasteiger partial charge in [0.25, 0.3) is 0 Å². The molecule has 2 aromatic rings.